The van der Waals surface area contributed by atoms with Crippen LogP contribution in [0.1, 0.15) is 67.6 Å². The number of anilines is 3. The second-order valence-corrected chi connectivity index (χ2v) is 11.0. The third-order valence-corrected chi connectivity index (χ3v) is 7.77. The Bertz CT molecular complexity index is 2040. The zero-order chi connectivity index (χ0) is 32.0. The zero-order valence-corrected chi connectivity index (χ0v) is 25.4. The van der Waals surface area contributed by atoms with Gasteiger partial charge < -0.3 is 24.6 Å². The van der Waals surface area contributed by atoms with Crippen LogP contribution in [0, 0.1) is 13.8 Å². The minimum atomic E-state index is -0.494. The van der Waals surface area contributed by atoms with Crippen LogP contribution in [0.5, 0.6) is 0 Å². The summed E-state index contributed by atoms with van der Waals surface area (Å²) in [5.74, 6) is -0.199. The molecule has 45 heavy (non-hydrogen) atoms. The number of imidazole rings is 1. The van der Waals surface area contributed by atoms with E-state index in [1.54, 1.807) is 105 Å². The second-order valence-electron chi connectivity index (χ2n) is 11.0. The Morgan fingerprint density at radius 2 is 1.73 bits per heavy atom. The fourth-order valence-electron chi connectivity index (χ4n) is 5.77. The minimum Gasteiger partial charge on any atom is -0.381 e. The summed E-state index contributed by atoms with van der Waals surface area (Å²) in [6, 6.07) is 14.9. The molecular formula is C33H31N7O5. The standard InChI is InChI=1S/C33H31N7O5/c1-6-25-28-24(32(43)40(25)23-12-10-20(11-13-23)27-19(3)45-39(5)33(27)44)14-18(2)35-29(28)31(42)36-22-9-7-8-21(15-22)30(41)37-26-16-38(4)17-34-26/h7-17,25H,6H2,1-5H3,(H,36,42)(H,37,41)/t25-/m1/s1. The van der Waals surface area contributed by atoms with E-state index in [0.717, 1.165) is 0 Å². The largest absolute Gasteiger partial charge is 0.381 e. The van der Waals surface area contributed by atoms with Gasteiger partial charge >= 0.3 is 0 Å². The predicted molar refractivity (Wildman–Crippen MR) is 168 cm³/mol. The number of amides is 3. The molecule has 4 heterocycles. The van der Waals surface area contributed by atoms with Crippen LogP contribution in [0.3, 0.4) is 0 Å². The van der Waals surface area contributed by atoms with Gasteiger partial charge in [-0.05, 0) is 62.2 Å². The summed E-state index contributed by atoms with van der Waals surface area (Å²) >= 11 is 0. The Kier molecular flexibility index (Phi) is 7.41. The number of carbonyl (C=O) groups excluding carboxylic acids is 3. The van der Waals surface area contributed by atoms with Crippen LogP contribution in [0.4, 0.5) is 17.2 Å². The number of carbonyl (C=O) groups is 3. The number of rotatable bonds is 7. The number of aryl methyl sites for hydroxylation is 4. The van der Waals surface area contributed by atoms with Crippen LogP contribution in [-0.2, 0) is 14.1 Å². The molecule has 0 unspecified atom stereocenters. The molecule has 0 saturated carbocycles. The first-order valence-electron chi connectivity index (χ1n) is 14.4. The highest BCUT2D eigenvalue weighted by molar-refractivity contribution is 6.15. The Morgan fingerprint density at radius 3 is 2.38 bits per heavy atom. The van der Waals surface area contributed by atoms with E-state index in [9.17, 15) is 19.2 Å². The lowest BCUT2D eigenvalue weighted by Gasteiger charge is -2.25. The average Bonchev–Trinajstić information content (AvgIpc) is 3.64. The summed E-state index contributed by atoms with van der Waals surface area (Å²) in [6.07, 6.45) is 3.78. The van der Waals surface area contributed by atoms with Gasteiger partial charge in [-0.2, -0.15) is 4.74 Å². The molecule has 0 radical (unpaired) electrons. The highest BCUT2D eigenvalue weighted by Crippen LogP contribution is 2.41. The van der Waals surface area contributed by atoms with E-state index in [1.807, 2.05) is 6.92 Å². The molecule has 228 valence electrons. The molecule has 0 aliphatic carbocycles. The number of benzene rings is 2. The summed E-state index contributed by atoms with van der Waals surface area (Å²) in [4.78, 5) is 63.3. The van der Waals surface area contributed by atoms with E-state index >= 15 is 0 Å². The van der Waals surface area contributed by atoms with E-state index in [0.29, 0.717) is 62.9 Å². The number of hydrogen-bond acceptors (Lipinski definition) is 7. The molecule has 6 rings (SSSR count). The highest BCUT2D eigenvalue weighted by Gasteiger charge is 2.40. The first-order valence-corrected chi connectivity index (χ1v) is 14.4. The van der Waals surface area contributed by atoms with Gasteiger partial charge in [0.05, 0.1) is 17.9 Å². The summed E-state index contributed by atoms with van der Waals surface area (Å²) in [6.45, 7) is 5.41. The summed E-state index contributed by atoms with van der Waals surface area (Å²) in [5.41, 5.74) is 3.87. The summed E-state index contributed by atoms with van der Waals surface area (Å²) < 4.78 is 8.33. The third-order valence-electron chi connectivity index (χ3n) is 7.77. The SMILES string of the molecule is CC[C@@H]1c2c(cc(C)nc2C(=O)Nc2cccc(C(=O)Nc3cn(C)cn3)c2)C(=O)N1c1ccc(-c2c(C)on(C)c2=O)cc1. The number of aromatic nitrogens is 4. The highest BCUT2D eigenvalue weighted by atomic mass is 16.5. The first-order chi connectivity index (χ1) is 21.5. The van der Waals surface area contributed by atoms with Crippen molar-refractivity contribution in [2.24, 2.45) is 14.1 Å². The van der Waals surface area contributed by atoms with Crippen molar-refractivity contribution in [3.63, 3.8) is 0 Å². The molecule has 0 bridgehead atoms. The van der Waals surface area contributed by atoms with Crippen LogP contribution in [0.15, 0.2) is 76.4 Å². The molecule has 3 amide bonds. The van der Waals surface area contributed by atoms with E-state index in [1.165, 1.54) is 4.74 Å². The number of hydrogen-bond donors (Lipinski definition) is 2. The van der Waals surface area contributed by atoms with Gasteiger partial charge in [-0.25, -0.2) is 9.97 Å². The van der Waals surface area contributed by atoms with Crippen LogP contribution in [-0.4, -0.2) is 37.0 Å². The Hall–Kier alpha value is -5.78. The Morgan fingerprint density at radius 1 is 0.978 bits per heavy atom. The number of nitrogens with zero attached hydrogens (tertiary/aromatic N) is 5. The average molecular weight is 606 g/mol. The summed E-state index contributed by atoms with van der Waals surface area (Å²) in [5, 5.41) is 5.59. The van der Waals surface area contributed by atoms with Gasteiger partial charge in [0.25, 0.3) is 23.3 Å². The molecular weight excluding hydrogens is 574 g/mol. The van der Waals surface area contributed by atoms with E-state index in [-0.39, 0.29) is 23.1 Å². The fourth-order valence-corrected chi connectivity index (χ4v) is 5.77. The molecule has 0 saturated heterocycles. The van der Waals surface area contributed by atoms with Gasteiger partial charge in [-0.15, -0.1) is 0 Å². The van der Waals surface area contributed by atoms with Crippen molar-refractivity contribution in [1.29, 1.82) is 0 Å². The van der Waals surface area contributed by atoms with Crippen LogP contribution >= 0.6 is 0 Å². The van der Waals surface area contributed by atoms with E-state index in [4.69, 9.17) is 4.52 Å². The predicted octanol–water partition coefficient (Wildman–Crippen LogP) is 5.01. The number of fused-ring (bicyclic) bond motifs is 1. The fraction of sp³-hybridized carbons (Fsp3) is 0.212. The normalized spacial score (nSPS) is 14.0. The minimum absolute atomic E-state index is 0.144. The Labute approximate surface area is 258 Å². The van der Waals surface area contributed by atoms with Crippen molar-refractivity contribution in [2.75, 3.05) is 15.5 Å². The molecule has 2 N–H and O–H groups in total. The molecule has 12 heteroatoms. The topological polar surface area (TPSA) is 144 Å². The number of nitrogens with one attached hydrogen (secondary N) is 2. The number of pyridine rings is 1. The van der Waals surface area contributed by atoms with Crippen LogP contribution < -0.4 is 21.1 Å². The van der Waals surface area contributed by atoms with E-state index in [2.05, 4.69) is 20.6 Å². The smallest absolute Gasteiger partial charge is 0.290 e. The molecule has 0 fully saturated rings. The van der Waals surface area contributed by atoms with Crippen molar-refractivity contribution in [3.05, 3.63) is 111 Å². The second kappa shape index (κ2) is 11.4. The lowest BCUT2D eigenvalue weighted by Crippen LogP contribution is -2.28. The maximum atomic E-state index is 13.8. The van der Waals surface area contributed by atoms with E-state index < -0.39 is 11.9 Å². The molecule has 0 spiro atoms. The van der Waals surface area contributed by atoms with Crippen molar-refractivity contribution < 1.29 is 18.9 Å². The third kappa shape index (κ3) is 5.30. The first kappa shape index (κ1) is 29.3. The lowest BCUT2D eigenvalue weighted by atomic mass is 9.99. The summed E-state index contributed by atoms with van der Waals surface area (Å²) in [7, 11) is 3.36. The molecule has 2 aromatic carbocycles. The van der Waals surface area contributed by atoms with Crippen LogP contribution in [0.2, 0.25) is 0 Å². The van der Waals surface area contributed by atoms with Crippen molar-refractivity contribution in [2.45, 2.75) is 33.2 Å². The molecule has 1 aliphatic heterocycles. The van der Waals surface area contributed by atoms with Gasteiger partial charge in [-0.1, -0.05) is 25.1 Å². The maximum Gasteiger partial charge on any atom is 0.290 e. The van der Waals surface area contributed by atoms with Gasteiger partial charge in [-0.3, -0.25) is 19.2 Å². The molecule has 1 aliphatic rings. The van der Waals surface area contributed by atoms with Crippen molar-refractivity contribution >= 4 is 34.9 Å². The lowest BCUT2D eigenvalue weighted by molar-refractivity contribution is 0.0988. The quantitative estimate of drug-likeness (QED) is 0.265. The maximum absolute atomic E-state index is 13.8. The van der Waals surface area contributed by atoms with Gasteiger partial charge in [0.15, 0.2) is 5.82 Å². The zero-order valence-electron chi connectivity index (χ0n) is 25.4. The molecule has 12 nitrogen and oxygen atoms in total. The van der Waals surface area contributed by atoms with Crippen LogP contribution in [0.25, 0.3) is 11.1 Å². The monoisotopic (exact) mass is 605 g/mol. The van der Waals surface area contributed by atoms with Gasteiger partial charge in [0, 0.05) is 54.1 Å². The van der Waals surface area contributed by atoms with Crippen molar-refractivity contribution in [3.8, 4) is 11.1 Å². The molecule has 1 atom stereocenters. The van der Waals surface area contributed by atoms with Gasteiger partial charge in [0.2, 0.25) is 0 Å². The molecule has 3 aromatic heterocycles. The van der Waals surface area contributed by atoms with Gasteiger partial charge in [0.1, 0.15) is 11.5 Å². The van der Waals surface area contributed by atoms with Crippen molar-refractivity contribution in [1.82, 2.24) is 19.3 Å². The Balaban J connectivity index is 1.28. The molecule has 5 aromatic rings.